The van der Waals surface area contributed by atoms with E-state index in [1.165, 1.54) is 6.42 Å². The number of carbonyl (C=O) groups excluding carboxylic acids is 1. The second-order valence-corrected chi connectivity index (χ2v) is 6.38. The van der Waals surface area contributed by atoms with Gasteiger partial charge in [0.1, 0.15) is 12.4 Å². The van der Waals surface area contributed by atoms with E-state index in [9.17, 15) is 4.79 Å². The smallest absolute Gasteiger partial charge is 0.224 e. The van der Waals surface area contributed by atoms with Crippen molar-refractivity contribution in [2.24, 2.45) is 0 Å². The van der Waals surface area contributed by atoms with E-state index in [0.717, 1.165) is 51.4 Å². The highest BCUT2D eigenvalue weighted by Gasteiger charge is 2.24. The largest absolute Gasteiger partial charge is 0.492 e. The van der Waals surface area contributed by atoms with Gasteiger partial charge in [0.05, 0.1) is 0 Å². The Kier molecular flexibility index (Phi) is 10.2. The predicted molar refractivity (Wildman–Crippen MR) is 105 cm³/mol. The standard InChI is InChI=1S/C18H27N3O2.2ClH/c22-18(15-16-5-4-8-19-16)21-11-9-20(10-12-21)13-14-23-17-6-2-1-3-7-17;;/h1-3,6-7,16,19H,4-5,8-15H2;2*1H. The van der Waals surface area contributed by atoms with Crippen LogP contribution in [0.3, 0.4) is 0 Å². The molecule has 0 radical (unpaired) electrons. The van der Waals surface area contributed by atoms with Gasteiger partial charge in [-0.3, -0.25) is 9.69 Å². The summed E-state index contributed by atoms with van der Waals surface area (Å²) in [4.78, 5) is 16.7. The van der Waals surface area contributed by atoms with Crippen molar-refractivity contribution in [3.05, 3.63) is 30.3 Å². The van der Waals surface area contributed by atoms with Gasteiger partial charge in [-0.2, -0.15) is 0 Å². The molecule has 0 aliphatic carbocycles. The maximum atomic E-state index is 12.3. The Bertz CT molecular complexity index is 490. The fourth-order valence-electron chi connectivity index (χ4n) is 3.30. The molecule has 3 rings (SSSR count). The molecule has 5 nitrogen and oxygen atoms in total. The average molecular weight is 390 g/mol. The van der Waals surface area contributed by atoms with Crippen LogP contribution < -0.4 is 10.1 Å². The molecule has 2 heterocycles. The topological polar surface area (TPSA) is 44.8 Å². The van der Waals surface area contributed by atoms with E-state index in [2.05, 4.69) is 10.2 Å². The van der Waals surface area contributed by atoms with Gasteiger partial charge >= 0.3 is 0 Å². The lowest BCUT2D eigenvalue weighted by atomic mass is 10.1. The van der Waals surface area contributed by atoms with Crippen molar-refractivity contribution in [3.8, 4) is 5.75 Å². The zero-order valence-electron chi connectivity index (χ0n) is 14.6. The number of nitrogens with zero attached hydrogens (tertiary/aromatic N) is 2. The molecule has 2 fully saturated rings. The van der Waals surface area contributed by atoms with Gasteiger partial charge in [0.15, 0.2) is 0 Å². The molecular formula is C18H29Cl2N3O2. The Balaban J connectivity index is 0.00000156. The molecule has 1 aromatic carbocycles. The number of amides is 1. The second-order valence-electron chi connectivity index (χ2n) is 6.38. The van der Waals surface area contributed by atoms with E-state index in [1.807, 2.05) is 35.2 Å². The van der Waals surface area contributed by atoms with Gasteiger partial charge in [-0.25, -0.2) is 0 Å². The summed E-state index contributed by atoms with van der Waals surface area (Å²) in [5.41, 5.74) is 0. The Morgan fingerprint density at radius 1 is 1.12 bits per heavy atom. The van der Waals surface area contributed by atoms with E-state index in [-0.39, 0.29) is 24.8 Å². The van der Waals surface area contributed by atoms with Crippen molar-refractivity contribution in [1.82, 2.24) is 15.1 Å². The quantitative estimate of drug-likeness (QED) is 0.809. The third-order valence-corrected chi connectivity index (χ3v) is 4.73. The number of piperazine rings is 1. The average Bonchev–Trinajstić information content (AvgIpc) is 3.09. The van der Waals surface area contributed by atoms with E-state index in [1.54, 1.807) is 0 Å². The molecule has 1 unspecified atom stereocenters. The maximum absolute atomic E-state index is 12.3. The first-order valence-electron chi connectivity index (χ1n) is 8.72. The molecule has 2 aliphatic rings. The minimum atomic E-state index is 0. The van der Waals surface area contributed by atoms with E-state index in [0.29, 0.717) is 25.0 Å². The summed E-state index contributed by atoms with van der Waals surface area (Å²) >= 11 is 0. The van der Waals surface area contributed by atoms with Gasteiger partial charge < -0.3 is 15.0 Å². The van der Waals surface area contributed by atoms with Gasteiger partial charge in [0.25, 0.3) is 0 Å². The summed E-state index contributed by atoms with van der Waals surface area (Å²) in [5, 5.41) is 3.40. The van der Waals surface area contributed by atoms with Gasteiger partial charge in [-0.1, -0.05) is 18.2 Å². The number of nitrogens with one attached hydrogen (secondary N) is 1. The number of benzene rings is 1. The second kappa shape index (κ2) is 11.6. The van der Waals surface area contributed by atoms with Gasteiger partial charge in [-0.05, 0) is 31.5 Å². The van der Waals surface area contributed by atoms with Crippen molar-refractivity contribution in [1.29, 1.82) is 0 Å². The number of rotatable bonds is 6. The van der Waals surface area contributed by atoms with Gasteiger partial charge in [0.2, 0.25) is 5.91 Å². The molecule has 0 bridgehead atoms. The first-order valence-corrected chi connectivity index (χ1v) is 8.72. The summed E-state index contributed by atoms with van der Waals surface area (Å²) in [6.07, 6.45) is 3.01. The first-order chi connectivity index (χ1) is 11.3. The minimum Gasteiger partial charge on any atom is -0.492 e. The number of carbonyl (C=O) groups is 1. The number of hydrogen-bond donors (Lipinski definition) is 1. The number of para-hydroxylation sites is 1. The van der Waals surface area contributed by atoms with Gasteiger partial charge in [-0.15, -0.1) is 24.8 Å². The van der Waals surface area contributed by atoms with E-state index >= 15 is 0 Å². The fraction of sp³-hybridized carbons (Fsp3) is 0.611. The third-order valence-electron chi connectivity index (χ3n) is 4.73. The van der Waals surface area contributed by atoms with Crippen molar-refractivity contribution in [3.63, 3.8) is 0 Å². The molecule has 2 aliphatic heterocycles. The molecule has 0 spiro atoms. The SMILES string of the molecule is Cl.Cl.O=C(CC1CCCN1)N1CCN(CCOc2ccccc2)CC1. The maximum Gasteiger partial charge on any atom is 0.224 e. The van der Waals surface area contributed by atoms with Gasteiger partial charge in [0, 0.05) is 45.2 Å². The van der Waals surface area contributed by atoms with Crippen LogP contribution in [0.15, 0.2) is 30.3 Å². The van der Waals surface area contributed by atoms with Crippen LogP contribution in [0, 0.1) is 0 Å². The summed E-state index contributed by atoms with van der Waals surface area (Å²) in [6.45, 7) is 6.26. The highest BCUT2D eigenvalue weighted by molar-refractivity contribution is 5.85. The Labute approximate surface area is 162 Å². The summed E-state index contributed by atoms with van der Waals surface area (Å²) in [5.74, 6) is 1.23. The zero-order chi connectivity index (χ0) is 15.9. The van der Waals surface area contributed by atoms with Crippen molar-refractivity contribution in [2.45, 2.75) is 25.3 Å². The third kappa shape index (κ3) is 7.02. The van der Waals surface area contributed by atoms with Crippen LogP contribution in [0.1, 0.15) is 19.3 Å². The van der Waals surface area contributed by atoms with Crippen molar-refractivity contribution >= 4 is 30.7 Å². The number of halogens is 2. The van der Waals surface area contributed by atoms with Crippen LogP contribution in [0.2, 0.25) is 0 Å². The van der Waals surface area contributed by atoms with Crippen LogP contribution in [-0.2, 0) is 4.79 Å². The normalized spacial score (nSPS) is 20.5. The monoisotopic (exact) mass is 389 g/mol. The number of ether oxygens (including phenoxy) is 1. The molecule has 1 aromatic rings. The summed E-state index contributed by atoms with van der Waals surface area (Å²) in [6, 6.07) is 10.3. The van der Waals surface area contributed by atoms with Crippen LogP contribution >= 0.6 is 24.8 Å². The van der Waals surface area contributed by atoms with E-state index < -0.39 is 0 Å². The lowest BCUT2D eigenvalue weighted by Crippen LogP contribution is -2.50. The Morgan fingerprint density at radius 2 is 1.84 bits per heavy atom. The molecule has 1 amide bonds. The molecule has 142 valence electrons. The van der Waals surface area contributed by atoms with E-state index in [4.69, 9.17) is 4.74 Å². The van der Waals surface area contributed by atoms with Crippen molar-refractivity contribution in [2.75, 3.05) is 45.9 Å². The predicted octanol–water partition coefficient (Wildman–Crippen LogP) is 2.20. The lowest BCUT2D eigenvalue weighted by molar-refractivity contribution is -0.133. The van der Waals surface area contributed by atoms with Crippen LogP contribution in [0.4, 0.5) is 0 Å². The summed E-state index contributed by atoms with van der Waals surface area (Å²) < 4.78 is 5.74. The van der Waals surface area contributed by atoms with Crippen LogP contribution in [0.5, 0.6) is 5.75 Å². The molecule has 7 heteroatoms. The molecule has 25 heavy (non-hydrogen) atoms. The molecule has 2 saturated heterocycles. The fourth-order valence-corrected chi connectivity index (χ4v) is 3.30. The van der Waals surface area contributed by atoms with Crippen LogP contribution in [-0.4, -0.2) is 67.6 Å². The Hall–Kier alpha value is -1.01. The zero-order valence-corrected chi connectivity index (χ0v) is 16.2. The first kappa shape index (κ1) is 22.0. The van der Waals surface area contributed by atoms with Crippen LogP contribution in [0.25, 0.3) is 0 Å². The lowest BCUT2D eigenvalue weighted by Gasteiger charge is -2.35. The van der Waals surface area contributed by atoms with Crippen molar-refractivity contribution < 1.29 is 9.53 Å². The number of hydrogen-bond acceptors (Lipinski definition) is 4. The molecule has 0 aromatic heterocycles. The molecule has 0 saturated carbocycles. The Morgan fingerprint density at radius 3 is 2.48 bits per heavy atom. The summed E-state index contributed by atoms with van der Waals surface area (Å²) in [7, 11) is 0. The molecular weight excluding hydrogens is 361 g/mol. The molecule has 1 N–H and O–H groups in total. The highest BCUT2D eigenvalue weighted by Crippen LogP contribution is 2.12. The molecule has 1 atom stereocenters. The highest BCUT2D eigenvalue weighted by atomic mass is 35.5. The minimum absolute atomic E-state index is 0.